The van der Waals surface area contributed by atoms with Crippen molar-refractivity contribution in [1.29, 1.82) is 0 Å². The first-order valence-electron chi connectivity index (χ1n) is 13.3. The molecule has 0 unspecified atom stereocenters. The third-order valence-corrected chi connectivity index (χ3v) is 9.30. The Morgan fingerprint density at radius 3 is 2.61 bits per heavy atom. The second-order valence-corrected chi connectivity index (χ2v) is 11.9. The molecule has 0 spiro atoms. The summed E-state index contributed by atoms with van der Waals surface area (Å²) in [5.74, 6) is 0.344. The largest absolute Gasteiger partial charge is 0.381 e. The summed E-state index contributed by atoms with van der Waals surface area (Å²) in [6.45, 7) is 17.4. The topological polar surface area (TPSA) is 74.6 Å². The molecule has 2 saturated heterocycles. The summed E-state index contributed by atoms with van der Waals surface area (Å²) in [4.78, 5) is 19.9. The Balaban J connectivity index is 1.35. The predicted molar refractivity (Wildman–Crippen MR) is 146 cm³/mol. The molecule has 0 amide bonds. The van der Waals surface area contributed by atoms with Crippen LogP contribution in [0.2, 0.25) is 0 Å². The quantitative estimate of drug-likeness (QED) is 0.412. The molecule has 0 bridgehead atoms. The second-order valence-electron chi connectivity index (χ2n) is 11.0. The van der Waals surface area contributed by atoms with Crippen LogP contribution in [0, 0.1) is 13.8 Å². The van der Waals surface area contributed by atoms with Gasteiger partial charge in [0, 0.05) is 61.8 Å². The molecule has 192 valence electrons. The van der Waals surface area contributed by atoms with Crippen molar-refractivity contribution in [2.75, 3.05) is 31.2 Å². The van der Waals surface area contributed by atoms with Gasteiger partial charge in [0.15, 0.2) is 10.8 Å². The van der Waals surface area contributed by atoms with Gasteiger partial charge in [0.05, 0.1) is 5.69 Å². The van der Waals surface area contributed by atoms with Crippen LogP contribution in [0.3, 0.4) is 0 Å². The number of fused-ring (bicyclic) bond motifs is 2. The molecule has 0 radical (unpaired) electrons. The first kappa shape index (κ1) is 23.9. The maximum atomic E-state index is 5.61. The van der Waals surface area contributed by atoms with E-state index in [1.807, 2.05) is 4.52 Å². The number of aryl methyl sites for hydroxylation is 1. The van der Waals surface area contributed by atoms with Crippen LogP contribution in [0.15, 0.2) is 12.5 Å². The fourth-order valence-corrected chi connectivity index (χ4v) is 7.27. The maximum Gasteiger partial charge on any atom is 0.188 e. The molecule has 1 N–H and O–H groups in total. The predicted octanol–water partition coefficient (Wildman–Crippen LogP) is 5.15. The van der Waals surface area contributed by atoms with Crippen molar-refractivity contribution in [2.45, 2.75) is 78.4 Å². The maximum absolute atomic E-state index is 5.61. The van der Waals surface area contributed by atoms with E-state index in [9.17, 15) is 0 Å². The fourth-order valence-electron chi connectivity index (χ4n) is 6.17. The normalized spacial score (nSPS) is 22.5. The summed E-state index contributed by atoms with van der Waals surface area (Å²) in [6, 6.07) is 1.58. The second kappa shape index (κ2) is 9.11. The van der Waals surface area contributed by atoms with Crippen LogP contribution in [-0.4, -0.2) is 73.9 Å². The average Bonchev–Trinajstić information content (AvgIpc) is 3.57. The molecule has 4 aromatic rings. The van der Waals surface area contributed by atoms with E-state index < -0.39 is 0 Å². The molecule has 2 aliphatic heterocycles. The van der Waals surface area contributed by atoms with Gasteiger partial charge in [-0.3, -0.25) is 4.90 Å². The van der Waals surface area contributed by atoms with Crippen LogP contribution in [0.5, 0.6) is 0 Å². The number of ether oxygens (including phenoxy) is 1. The zero-order valence-corrected chi connectivity index (χ0v) is 23.0. The van der Waals surface area contributed by atoms with Crippen molar-refractivity contribution in [3.63, 3.8) is 0 Å². The SMILES string of the molecule is Cc1c(-c2[nH]c3sc(N4C[C@@H](C)N(C5CCOCC5)C[C@@H]4C)nc3c2C(C)C)cn2ncnc2c1C. The van der Waals surface area contributed by atoms with E-state index in [2.05, 4.69) is 72.6 Å². The number of H-pyrrole nitrogens is 1. The summed E-state index contributed by atoms with van der Waals surface area (Å²) in [5.41, 5.74) is 8.05. The van der Waals surface area contributed by atoms with Crippen LogP contribution in [0.1, 0.15) is 63.1 Å². The van der Waals surface area contributed by atoms with E-state index in [0.717, 1.165) is 71.5 Å². The van der Waals surface area contributed by atoms with Crippen LogP contribution in [-0.2, 0) is 4.74 Å². The van der Waals surface area contributed by atoms with Crippen LogP contribution in [0.25, 0.3) is 27.3 Å². The van der Waals surface area contributed by atoms with Crippen LogP contribution in [0.4, 0.5) is 5.13 Å². The molecule has 36 heavy (non-hydrogen) atoms. The van der Waals surface area contributed by atoms with Crippen molar-refractivity contribution in [3.05, 3.63) is 29.2 Å². The van der Waals surface area contributed by atoms with E-state index in [-0.39, 0.29) is 0 Å². The zero-order valence-electron chi connectivity index (χ0n) is 22.2. The minimum Gasteiger partial charge on any atom is -0.381 e. The number of hydrogen-bond donors (Lipinski definition) is 1. The van der Waals surface area contributed by atoms with Crippen molar-refractivity contribution >= 4 is 32.5 Å². The average molecular weight is 508 g/mol. The van der Waals surface area contributed by atoms with Gasteiger partial charge >= 0.3 is 0 Å². The van der Waals surface area contributed by atoms with E-state index in [4.69, 9.17) is 9.72 Å². The van der Waals surface area contributed by atoms with Gasteiger partial charge in [0.25, 0.3) is 0 Å². The molecule has 6 heterocycles. The van der Waals surface area contributed by atoms with E-state index >= 15 is 0 Å². The minimum atomic E-state index is 0.344. The van der Waals surface area contributed by atoms with Gasteiger partial charge in [-0.05, 0) is 57.6 Å². The van der Waals surface area contributed by atoms with Gasteiger partial charge in [-0.25, -0.2) is 14.5 Å². The molecule has 2 fully saturated rings. The molecule has 8 nitrogen and oxygen atoms in total. The molecule has 4 aromatic heterocycles. The molecule has 0 saturated carbocycles. The van der Waals surface area contributed by atoms with Crippen molar-refractivity contribution in [2.24, 2.45) is 0 Å². The summed E-state index contributed by atoms with van der Waals surface area (Å²) < 4.78 is 7.50. The van der Waals surface area contributed by atoms with E-state index in [0.29, 0.717) is 24.0 Å². The highest BCUT2D eigenvalue weighted by molar-refractivity contribution is 7.21. The first-order valence-corrected chi connectivity index (χ1v) is 14.1. The molecular formula is C27H37N7OS. The number of hydrogen-bond acceptors (Lipinski definition) is 7. The molecule has 6 rings (SSSR count). The molecule has 2 atom stereocenters. The van der Waals surface area contributed by atoms with E-state index in [1.165, 1.54) is 16.7 Å². The zero-order chi connectivity index (χ0) is 25.1. The lowest BCUT2D eigenvalue weighted by molar-refractivity contribution is 0.0108. The third kappa shape index (κ3) is 3.83. The molecular weight excluding hydrogens is 470 g/mol. The number of nitrogens with one attached hydrogen (secondary N) is 1. The van der Waals surface area contributed by atoms with Gasteiger partial charge in [-0.1, -0.05) is 25.2 Å². The Hall–Kier alpha value is -2.49. The van der Waals surface area contributed by atoms with Gasteiger partial charge in [0.2, 0.25) is 0 Å². The summed E-state index contributed by atoms with van der Waals surface area (Å²) in [5, 5.41) is 5.55. The van der Waals surface area contributed by atoms with Gasteiger partial charge in [-0.15, -0.1) is 0 Å². The number of thiazole rings is 1. The Bertz CT molecular complexity index is 1400. The van der Waals surface area contributed by atoms with Crippen LogP contribution < -0.4 is 4.90 Å². The lowest BCUT2D eigenvalue weighted by atomic mass is 9.96. The fraction of sp³-hybridized carbons (Fsp3) is 0.593. The highest BCUT2D eigenvalue weighted by atomic mass is 32.1. The number of nitrogens with zero attached hydrogens (tertiary/aromatic N) is 6. The van der Waals surface area contributed by atoms with Crippen molar-refractivity contribution in [3.8, 4) is 11.3 Å². The highest BCUT2D eigenvalue weighted by Gasteiger charge is 2.35. The highest BCUT2D eigenvalue weighted by Crippen LogP contribution is 2.42. The number of piperazine rings is 1. The Morgan fingerprint density at radius 1 is 1.08 bits per heavy atom. The van der Waals surface area contributed by atoms with E-state index in [1.54, 1.807) is 17.7 Å². The third-order valence-electron chi connectivity index (χ3n) is 8.29. The van der Waals surface area contributed by atoms with Crippen molar-refractivity contribution < 1.29 is 4.74 Å². The summed E-state index contributed by atoms with van der Waals surface area (Å²) >= 11 is 1.79. The number of rotatable bonds is 4. The van der Waals surface area contributed by atoms with Crippen molar-refractivity contribution in [1.82, 2.24) is 29.5 Å². The Kier molecular flexibility index (Phi) is 6.05. The lowest BCUT2D eigenvalue weighted by Gasteiger charge is -2.48. The minimum absolute atomic E-state index is 0.344. The number of aromatic nitrogens is 5. The van der Waals surface area contributed by atoms with Gasteiger partial charge < -0.3 is 14.6 Å². The summed E-state index contributed by atoms with van der Waals surface area (Å²) in [6.07, 6.45) is 6.03. The van der Waals surface area contributed by atoms with Gasteiger partial charge in [-0.2, -0.15) is 5.10 Å². The molecule has 9 heteroatoms. The standard InChI is InChI=1S/C27H37N7OS/c1-15(2)22-23(21-13-34-25(28-14-29-34)19(6)18(21)5)30-26-24(22)31-27(36-26)33-12-16(3)32(11-17(33)4)20-7-9-35-10-8-20/h13-17,20,30H,7-12H2,1-6H3/t16-,17+/m1/s1. The number of pyridine rings is 1. The lowest BCUT2D eigenvalue weighted by Crippen LogP contribution is -2.60. The monoisotopic (exact) mass is 507 g/mol. The first-order chi connectivity index (χ1) is 17.3. The van der Waals surface area contributed by atoms with Gasteiger partial charge in [0.1, 0.15) is 16.7 Å². The molecule has 0 aromatic carbocycles. The Labute approximate surface area is 216 Å². The van der Waals surface area contributed by atoms with Crippen LogP contribution >= 0.6 is 11.3 Å². The summed E-state index contributed by atoms with van der Waals surface area (Å²) in [7, 11) is 0. The molecule has 0 aliphatic carbocycles. The number of anilines is 1. The smallest absolute Gasteiger partial charge is 0.188 e. The molecule has 2 aliphatic rings. The number of aromatic amines is 1. The Morgan fingerprint density at radius 2 is 1.86 bits per heavy atom.